The van der Waals surface area contributed by atoms with Crippen molar-refractivity contribution in [1.29, 1.82) is 0 Å². The average molecular weight is 248 g/mol. The molecule has 0 saturated heterocycles. The summed E-state index contributed by atoms with van der Waals surface area (Å²) in [5, 5.41) is 0. The Labute approximate surface area is 120 Å². The van der Waals surface area contributed by atoms with Crippen molar-refractivity contribution < 1.29 is 87.8 Å². The zero-order valence-electron chi connectivity index (χ0n) is 7.54. The summed E-state index contributed by atoms with van der Waals surface area (Å²) >= 11 is 0. The molecule has 0 aromatic rings. The van der Waals surface area contributed by atoms with Crippen molar-refractivity contribution in [1.82, 2.24) is 0 Å². The van der Waals surface area contributed by atoms with Gasteiger partial charge in [-0.05, 0) is 12.6 Å². The molecule has 0 fully saturated rings. The molecule has 0 amide bonds. The molecule has 0 radical (unpaired) electrons. The minimum atomic E-state index is -4.60. The molecule has 0 spiro atoms. The maximum absolute atomic E-state index is 10.1. The fourth-order valence-electron chi connectivity index (χ4n) is 0.470. The minimum absolute atomic E-state index is 0. The molecule has 10 heteroatoms. The smallest absolute Gasteiger partial charge is 0.811 e. The summed E-state index contributed by atoms with van der Waals surface area (Å²) in [4.78, 5) is 36.3. The monoisotopic (exact) mass is 248 g/mol. The first kappa shape index (κ1) is 20.7. The van der Waals surface area contributed by atoms with Crippen molar-refractivity contribution >= 4 is 15.2 Å². The normalized spacial score (nSPS) is 11.4. The molecule has 0 aliphatic heterocycles. The van der Waals surface area contributed by atoms with Gasteiger partial charge in [-0.25, -0.2) is 0 Å². The summed E-state index contributed by atoms with van der Waals surface area (Å²) in [5.74, 6) is 0. The van der Waals surface area contributed by atoms with Crippen molar-refractivity contribution in [2.75, 3.05) is 12.3 Å². The van der Waals surface area contributed by atoms with Gasteiger partial charge in [0.2, 0.25) is 0 Å². The third-order valence-electron chi connectivity index (χ3n) is 0.881. The Balaban J connectivity index is -0.000000500. The van der Waals surface area contributed by atoms with Crippen LogP contribution in [0.3, 0.4) is 0 Å². The van der Waals surface area contributed by atoms with E-state index in [9.17, 15) is 18.9 Å². The summed E-state index contributed by atoms with van der Waals surface area (Å²) in [5.41, 5.74) is 0. The molecule has 0 aromatic heterocycles. The predicted molar refractivity (Wildman–Crippen MR) is 34.0 cm³/mol. The largest absolute Gasteiger partial charge is 1.00 e. The van der Waals surface area contributed by atoms with Gasteiger partial charge in [0, 0.05) is 0 Å². The van der Waals surface area contributed by atoms with Crippen LogP contribution in [-0.2, 0) is 9.13 Å². The summed E-state index contributed by atoms with van der Waals surface area (Å²) in [6.07, 6.45) is -1.53. The first-order valence-corrected chi connectivity index (χ1v) is 6.29. The molecule has 0 saturated carbocycles. The second kappa shape index (κ2) is 8.45. The van der Waals surface area contributed by atoms with Crippen LogP contribution in [-0.4, -0.2) is 22.1 Å². The molecular weight excluding hydrogens is 240 g/mol. The number of rotatable bonds is 4. The second-order valence-electron chi connectivity index (χ2n) is 2.08. The van der Waals surface area contributed by atoms with Gasteiger partial charge in [0.25, 0.3) is 0 Å². The van der Waals surface area contributed by atoms with Crippen LogP contribution in [0.2, 0.25) is 0 Å². The molecule has 2 N–H and O–H groups in total. The molecule has 0 rings (SSSR count). The zero-order valence-corrected chi connectivity index (χ0v) is 13.3. The molecule has 0 unspecified atom stereocenters. The van der Waals surface area contributed by atoms with Crippen LogP contribution in [0.4, 0.5) is 0 Å². The quantitative estimate of drug-likeness (QED) is 0.376. The summed E-state index contributed by atoms with van der Waals surface area (Å²) < 4.78 is 20.1. The van der Waals surface area contributed by atoms with Gasteiger partial charge in [0.1, 0.15) is 0 Å². The first-order valence-electron chi connectivity index (χ1n) is 2.76. The van der Waals surface area contributed by atoms with Crippen LogP contribution in [0.1, 0.15) is 6.42 Å². The Morgan fingerprint density at radius 3 is 1.62 bits per heavy atom. The topological polar surface area (TPSA) is 121 Å². The van der Waals surface area contributed by atoms with Crippen molar-refractivity contribution in [3.05, 3.63) is 0 Å². The van der Waals surface area contributed by atoms with E-state index in [1.807, 2.05) is 0 Å². The Morgan fingerprint density at radius 2 is 1.38 bits per heavy atom. The van der Waals surface area contributed by atoms with E-state index in [0.717, 1.165) is 0 Å². The molecular formula is C3H8Na2O6P2. The molecule has 68 valence electrons. The van der Waals surface area contributed by atoms with Crippen LogP contribution >= 0.6 is 15.2 Å². The van der Waals surface area contributed by atoms with Crippen LogP contribution in [0.5, 0.6) is 0 Å². The Morgan fingerprint density at radius 1 is 1.00 bits per heavy atom. The summed E-state index contributed by atoms with van der Waals surface area (Å²) in [7, 11) is -8.75. The third kappa shape index (κ3) is 20.4. The van der Waals surface area contributed by atoms with Crippen molar-refractivity contribution in [3.63, 3.8) is 0 Å². The maximum atomic E-state index is 10.1. The minimum Gasteiger partial charge on any atom is -0.811 e. The molecule has 13 heavy (non-hydrogen) atoms. The Bertz CT molecular complexity index is 186. The van der Waals surface area contributed by atoms with Crippen LogP contribution in [0, 0.1) is 0 Å². The molecule has 0 aliphatic carbocycles. The van der Waals surface area contributed by atoms with E-state index in [1.165, 1.54) is 0 Å². The Kier molecular flexibility index (Phi) is 13.4. The van der Waals surface area contributed by atoms with E-state index >= 15 is 0 Å². The molecule has 0 aromatic carbocycles. The average Bonchev–Trinajstić information content (AvgIpc) is 1.55. The molecule has 0 atom stereocenters. The number of hydrogen-bond donors (Lipinski definition) is 2. The maximum Gasteiger partial charge on any atom is 1.00 e. The molecule has 0 heterocycles. The van der Waals surface area contributed by atoms with Gasteiger partial charge in [0.05, 0.1) is 6.16 Å². The summed E-state index contributed by atoms with van der Waals surface area (Å²) in [6, 6.07) is 0. The van der Waals surface area contributed by atoms with Gasteiger partial charge in [-0.15, -0.1) is 0 Å². The molecule has 0 bridgehead atoms. The third-order valence-corrected chi connectivity index (χ3v) is 2.64. The van der Waals surface area contributed by atoms with E-state index in [2.05, 4.69) is 0 Å². The van der Waals surface area contributed by atoms with Gasteiger partial charge in [-0.2, -0.15) is 0 Å². The van der Waals surface area contributed by atoms with E-state index in [4.69, 9.17) is 9.79 Å². The molecule has 0 aliphatic rings. The van der Waals surface area contributed by atoms with E-state index in [1.54, 1.807) is 0 Å². The zero-order chi connectivity index (χ0) is 9.12. The SMILES string of the molecule is O=P([O-])([O-])CCCP(=O)(O)O.[Na+].[Na+]. The molecule has 6 nitrogen and oxygen atoms in total. The van der Waals surface area contributed by atoms with Crippen LogP contribution < -0.4 is 68.9 Å². The van der Waals surface area contributed by atoms with Gasteiger partial charge in [-0.1, -0.05) is 7.60 Å². The van der Waals surface area contributed by atoms with E-state index < -0.39 is 27.5 Å². The fourth-order valence-corrected chi connectivity index (χ4v) is 1.84. The van der Waals surface area contributed by atoms with Crippen molar-refractivity contribution in [3.8, 4) is 0 Å². The number of hydrogen-bond acceptors (Lipinski definition) is 4. The van der Waals surface area contributed by atoms with Crippen LogP contribution in [0.15, 0.2) is 0 Å². The standard InChI is InChI=1S/C3H10O6P2.2Na/c4-10(5,6)2-1-3-11(7,8)9;;/h1-3H2,(H2,4,5,6)(H2,7,8,9);;/q;2*+1/p-2. The van der Waals surface area contributed by atoms with Crippen molar-refractivity contribution in [2.45, 2.75) is 6.42 Å². The first-order chi connectivity index (χ1) is 4.71. The summed E-state index contributed by atoms with van der Waals surface area (Å²) in [6.45, 7) is 0. The second-order valence-corrected chi connectivity index (χ2v) is 5.52. The Hall–Kier alpha value is 2.30. The van der Waals surface area contributed by atoms with E-state index in [0.29, 0.717) is 0 Å². The van der Waals surface area contributed by atoms with Crippen LogP contribution in [0.25, 0.3) is 0 Å². The van der Waals surface area contributed by atoms with Crippen molar-refractivity contribution in [2.24, 2.45) is 0 Å². The van der Waals surface area contributed by atoms with E-state index in [-0.39, 0.29) is 65.5 Å². The fraction of sp³-hybridized carbons (Fsp3) is 1.00. The van der Waals surface area contributed by atoms with Gasteiger partial charge < -0.3 is 24.1 Å². The van der Waals surface area contributed by atoms with Gasteiger partial charge >= 0.3 is 66.7 Å². The predicted octanol–water partition coefficient (Wildman–Crippen LogP) is -7.52. The van der Waals surface area contributed by atoms with Gasteiger partial charge in [0.15, 0.2) is 0 Å². The van der Waals surface area contributed by atoms with Gasteiger partial charge in [-0.3, -0.25) is 4.57 Å².